The van der Waals surface area contributed by atoms with Gasteiger partial charge in [-0.05, 0) is 46.0 Å². The molecule has 3 N–H and O–H groups in total. The molecule has 4 heteroatoms. The average molecular weight is 254 g/mol. The topological polar surface area (TPSA) is 64.3 Å². The van der Waals surface area contributed by atoms with Crippen LogP contribution in [-0.2, 0) is 9.53 Å². The highest BCUT2D eigenvalue weighted by atomic mass is 16.5. The van der Waals surface area contributed by atoms with Gasteiger partial charge in [-0.15, -0.1) is 0 Å². The van der Waals surface area contributed by atoms with Crippen LogP contribution in [0.1, 0.15) is 59.3 Å². The quantitative estimate of drug-likeness (QED) is 0.758. The molecule has 0 heterocycles. The van der Waals surface area contributed by atoms with Crippen LogP contribution >= 0.6 is 0 Å². The molecule has 18 heavy (non-hydrogen) atoms. The molecule has 2 saturated carbocycles. The number of primary amides is 1. The van der Waals surface area contributed by atoms with Crippen molar-refractivity contribution in [1.29, 1.82) is 0 Å². The summed E-state index contributed by atoms with van der Waals surface area (Å²) < 4.78 is 6.11. The maximum Gasteiger partial charge on any atom is 0.237 e. The summed E-state index contributed by atoms with van der Waals surface area (Å²) in [4.78, 5) is 11.8. The Morgan fingerprint density at radius 3 is 2.61 bits per heavy atom. The molecule has 0 bridgehead atoms. The predicted octanol–water partition coefficient (Wildman–Crippen LogP) is 1.72. The standard InChI is InChI=1S/C14H26N2O2/c1-4-13(2,3)18-11-7-8-14(9-11,12(15)17)16-10-5-6-10/h10-11,16H,4-9H2,1-3H3,(H2,15,17). The molecule has 0 aromatic carbocycles. The first-order valence-corrected chi connectivity index (χ1v) is 7.12. The first-order valence-electron chi connectivity index (χ1n) is 7.12. The molecule has 1 amide bonds. The van der Waals surface area contributed by atoms with Crippen LogP contribution < -0.4 is 11.1 Å². The van der Waals surface area contributed by atoms with Crippen LogP contribution in [0.2, 0.25) is 0 Å². The molecule has 0 spiro atoms. The Morgan fingerprint density at radius 1 is 1.44 bits per heavy atom. The monoisotopic (exact) mass is 254 g/mol. The number of amides is 1. The van der Waals surface area contributed by atoms with Crippen molar-refractivity contribution in [3.63, 3.8) is 0 Å². The van der Waals surface area contributed by atoms with Crippen molar-refractivity contribution >= 4 is 5.91 Å². The number of hydrogen-bond donors (Lipinski definition) is 2. The second-order valence-electron chi connectivity index (χ2n) is 6.46. The van der Waals surface area contributed by atoms with E-state index < -0.39 is 5.54 Å². The van der Waals surface area contributed by atoms with Crippen LogP contribution in [0.15, 0.2) is 0 Å². The lowest BCUT2D eigenvalue weighted by Crippen LogP contribution is -2.55. The van der Waals surface area contributed by atoms with Gasteiger partial charge in [0, 0.05) is 12.5 Å². The Bertz CT molecular complexity index is 326. The predicted molar refractivity (Wildman–Crippen MR) is 71.2 cm³/mol. The van der Waals surface area contributed by atoms with Crippen LogP contribution in [0.4, 0.5) is 0 Å². The van der Waals surface area contributed by atoms with Gasteiger partial charge in [-0.3, -0.25) is 4.79 Å². The second-order valence-corrected chi connectivity index (χ2v) is 6.46. The Labute approximate surface area is 110 Å². The minimum absolute atomic E-state index is 0.113. The molecule has 0 saturated heterocycles. The number of nitrogens with two attached hydrogens (primary N) is 1. The molecule has 2 fully saturated rings. The number of carbonyl (C=O) groups is 1. The van der Waals surface area contributed by atoms with Gasteiger partial charge in [0.2, 0.25) is 5.91 Å². The first kappa shape index (κ1) is 13.8. The summed E-state index contributed by atoms with van der Waals surface area (Å²) in [5.41, 5.74) is 4.98. The third-order valence-electron chi connectivity index (χ3n) is 4.34. The molecule has 0 radical (unpaired) electrons. The lowest BCUT2D eigenvalue weighted by molar-refractivity contribution is -0.125. The van der Waals surface area contributed by atoms with Crippen LogP contribution in [0, 0.1) is 0 Å². The normalized spacial score (nSPS) is 32.7. The van der Waals surface area contributed by atoms with E-state index in [4.69, 9.17) is 10.5 Å². The maximum atomic E-state index is 11.8. The molecular formula is C14H26N2O2. The number of rotatable bonds is 6. The molecule has 2 atom stereocenters. The zero-order chi connectivity index (χ0) is 13.4. The minimum Gasteiger partial charge on any atom is -0.372 e. The highest BCUT2D eigenvalue weighted by Crippen LogP contribution is 2.37. The molecular weight excluding hydrogens is 228 g/mol. The van der Waals surface area contributed by atoms with E-state index in [1.165, 1.54) is 12.8 Å². The first-order chi connectivity index (χ1) is 8.37. The Morgan fingerprint density at radius 2 is 2.11 bits per heavy atom. The van der Waals surface area contributed by atoms with Gasteiger partial charge in [-0.25, -0.2) is 0 Å². The number of hydrogen-bond acceptors (Lipinski definition) is 3. The fraction of sp³-hybridized carbons (Fsp3) is 0.929. The molecule has 2 rings (SSSR count). The number of nitrogens with one attached hydrogen (secondary N) is 1. The molecule has 0 aromatic rings. The van der Waals surface area contributed by atoms with E-state index in [1.807, 2.05) is 0 Å². The summed E-state index contributed by atoms with van der Waals surface area (Å²) >= 11 is 0. The lowest BCUT2D eigenvalue weighted by atomic mass is 9.96. The fourth-order valence-electron chi connectivity index (χ4n) is 2.68. The Hall–Kier alpha value is -0.610. The van der Waals surface area contributed by atoms with Gasteiger partial charge in [0.05, 0.1) is 11.7 Å². The van der Waals surface area contributed by atoms with Crippen molar-refractivity contribution in [3.8, 4) is 0 Å². The van der Waals surface area contributed by atoms with Crippen molar-refractivity contribution in [2.45, 2.75) is 82.6 Å². The largest absolute Gasteiger partial charge is 0.372 e. The zero-order valence-corrected chi connectivity index (χ0v) is 11.8. The van der Waals surface area contributed by atoms with Crippen molar-refractivity contribution in [1.82, 2.24) is 5.32 Å². The third kappa shape index (κ3) is 3.04. The maximum absolute atomic E-state index is 11.8. The fourth-order valence-corrected chi connectivity index (χ4v) is 2.68. The summed E-state index contributed by atoms with van der Waals surface area (Å²) in [6.45, 7) is 6.33. The van der Waals surface area contributed by atoms with E-state index in [0.29, 0.717) is 6.04 Å². The SMILES string of the molecule is CCC(C)(C)OC1CCC(NC2CC2)(C(N)=O)C1. The van der Waals surface area contributed by atoms with E-state index in [1.54, 1.807) is 0 Å². The Balaban J connectivity index is 1.97. The van der Waals surface area contributed by atoms with Crippen LogP contribution in [0.3, 0.4) is 0 Å². The second kappa shape index (κ2) is 4.82. The van der Waals surface area contributed by atoms with Gasteiger partial charge in [-0.1, -0.05) is 6.92 Å². The lowest BCUT2D eigenvalue weighted by Gasteiger charge is -2.30. The van der Waals surface area contributed by atoms with Crippen LogP contribution in [-0.4, -0.2) is 29.2 Å². The molecule has 2 unspecified atom stereocenters. The highest BCUT2D eigenvalue weighted by molar-refractivity contribution is 5.85. The zero-order valence-electron chi connectivity index (χ0n) is 11.8. The Kier molecular flexibility index (Phi) is 3.70. The molecule has 4 nitrogen and oxygen atoms in total. The summed E-state index contributed by atoms with van der Waals surface area (Å²) in [5.74, 6) is -0.213. The third-order valence-corrected chi connectivity index (χ3v) is 4.34. The van der Waals surface area contributed by atoms with Crippen molar-refractivity contribution in [2.24, 2.45) is 5.73 Å². The van der Waals surface area contributed by atoms with E-state index in [9.17, 15) is 4.79 Å². The van der Waals surface area contributed by atoms with Crippen molar-refractivity contribution in [2.75, 3.05) is 0 Å². The number of carbonyl (C=O) groups excluding carboxylic acids is 1. The van der Waals surface area contributed by atoms with Gasteiger partial charge >= 0.3 is 0 Å². The minimum atomic E-state index is -0.518. The summed E-state index contributed by atoms with van der Waals surface area (Å²) in [7, 11) is 0. The van der Waals surface area contributed by atoms with Gasteiger partial charge in [0.25, 0.3) is 0 Å². The molecule has 0 aliphatic heterocycles. The average Bonchev–Trinajstić information content (AvgIpc) is 3.00. The van der Waals surface area contributed by atoms with E-state index >= 15 is 0 Å². The molecule has 104 valence electrons. The van der Waals surface area contributed by atoms with Crippen LogP contribution in [0.25, 0.3) is 0 Å². The molecule has 0 aromatic heterocycles. The van der Waals surface area contributed by atoms with E-state index in [0.717, 1.165) is 25.7 Å². The van der Waals surface area contributed by atoms with E-state index in [-0.39, 0.29) is 17.6 Å². The van der Waals surface area contributed by atoms with Gasteiger partial charge in [0.15, 0.2) is 0 Å². The summed E-state index contributed by atoms with van der Waals surface area (Å²) in [5, 5.41) is 3.44. The molecule has 2 aliphatic carbocycles. The van der Waals surface area contributed by atoms with Gasteiger partial charge in [-0.2, -0.15) is 0 Å². The summed E-state index contributed by atoms with van der Waals surface area (Å²) in [6, 6.07) is 0.496. The van der Waals surface area contributed by atoms with Crippen LogP contribution in [0.5, 0.6) is 0 Å². The van der Waals surface area contributed by atoms with Crippen molar-refractivity contribution < 1.29 is 9.53 Å². The van der Waals surface area contributed by atoms with E-state index in [2.05, 4.69) is 26.1 Å². The molecule has 2 aliphatic rings. The van der Waals surface area contributed by atoms with Gasteiger partial charge in [0.1, 0.15) is 5.54 Å². The van der Waals surface area contributed by atoms with Crippen molar-refractivity contribution in [3.05, 3.63) is 0 Å². The smallest absolute Gasteiger partial charge is 0.237 e. The number of ether oxygens (including phenoxy) is 1. The highest BCUT2D eigenvalue weighted by Gasteiger charge is 2.47. The van der Waals surface area contributed by atoms with Gasteiger partial charge < -0.3 is 15.8 Å². The summed E-state index contributed by atoms with van der Waals surface area (Å²) in [6.07, 6.45) is 5.92.